The second kappa shape index (κ2) is 5.27. The van der Waals surface area contributed by atoms with E-state index in [2.05, 4.69) is 0 Å². The third-order valence-electron chi connectivity index (χ3n) is 2.71. The van der Waals surface area contributed by atoms with Crippen molar-refractivity contribution in [2.45, 2.75) is 51.7 Å². The zero-order valence-corrected chi connectivity index (χ0v) is 11.1. The minimum absolute atomic E-state index is 0.436. The Labute approximate surface area is 93.3 Å². The summed E-state index contributed by atoms with van der Waals surface area (Å²) in [5, 5.41) is 9.68. The molecule has 0 saturated carbocycles. The molecule has 1 N–H and O–H groups in total. The lowest BCUT2D eigenvalue weighted by Gasteiger charge is -2.35. The largest absolute Gasteiger partial charge is 0.393 e. The van der Waals surface area contributed by atoms with E-state index in [9.17, 15) is 13.5 Å². The minimum atomic E-state index is -3.20. The van der Waals surface area contributed by atoms with E-state index >= 15 is 0 Å². The molecule has 5 heteroatoms. The van der Waals surface area contributed by atoms with Gasteiger partial charge in [0.2, 0.25) is 10.0 Å². The highest BCUT2D eigenvalue weighted by atomic mass is 32.2. The second-order valence-corrected chi connectivity index (χ2v) is 6.70. The molecule has 0 heterocycles. The molecule has 0 bridgehead atoms. The molecule has 4 nitrogen and oxygen atoms in total. The van der Waals surface area contributed by atoms with Gasteiger partial charge in [-0.3, -0.25) is 0 Å². The van der Waals surface area contributed by atoms with Crippen LogP contribution in [0.4, 0.5) is 0 Å². The van der Waals surface area contributed by atoms with Crippen molar-refractivity contribution in [3.8, 4) is 0 Å². The molecule has 0 aromatic carbocycles. The lowest BCUT2D eigenvalue weighted by atomic mass is 9.95. The Bertz CT molecular complexity index is 285. The summed E-state index contributed by atoms with van der Waals surface area (Å²) < 4.78 is 24.0. The van der Waals surface area contributed by atoms with Crippen molar-refractivity contribution in [3.05, 3.63) is 0 Å². The van der Waals surface area contributed by atoms with Crippen LogP contribution in [-0.4, -0.2) is 42.8 Å². The quantitative estimate of drug-likeness (QED) is 0.755. The van der Waals surface area contributed by atoms with E-state index in [0.717, 1.165) is 6.42 Å². The molecule has 0 radical (unpaired) electrons. The average molecular weight is 237 g/mol. The van der Waals surface area contributed by atoms with Gasteiger partial charge >= 0.3 is 0 Å². The third-order valence-corrected chi connectivity index (χ3v) is 4.20. The highest BCUT2D eigenvalue weighted by molar-refractivity contribution is 7.88. The first-order valence-corrected chi connectivity index (χ1v) is 7.08. The summed E-state index contributed by atoms with van der Waals surface area (Å²) >= 11 is 0. The van der Waals surface area contributed by atoms with Gasteiger partial charge in [-0.05, 0) is 26.7 Å². The van der Waals surface area contributed by atoms with Crippen LogP contribution in [0.5, 0.6) is 0 Å². The molecule has 1 unspecified atom stereocenters. The molecule has 0 rings (SSSR count). The topological polar surface area (TPSA) is 57.6 Å². The Balaban J connectivity index is 4.55. The van der Waals surface area contributed by atoms with Gasteiger partial charge in [0, 0.05) is 12.6 Å². The molecule has 0 aliphatic heterocycles. The first-order valence-electron chi connectivity index (χ1n) is 5.23. The zero-order chi connectivity index (χ0) is 12.3. The summed E-state index contributed by atoms with van der Waals surface area (Å²) in [6.45, 7) is 5.65. The monoisotopic (exact) mass is 237 g/mol. The Morgan fingerprint density at radius 2 is 1.87 bits per heavy atom. The van der Waals surface area contributed by atoms with Gasteiger partial charge in [0.25, 0.3) is 0 Å². The van der Waals surface area contributed by atoms with Crippen LogP contribution in [0.1, 0.15) is 40.0 Å². The molecule has 0 aliphatic carbocycles. The molecule has 15 heavy (non-hydrogen) atoms. The van der Waals surface area contributed by atoms with Crippen molar-refractivity contribution in [1.82, 2.24) is 4.31 Å². The van der Waals surface area contributed by atoms with Gasteiger partial charge < -0.3 is 5.11 Å². The maximum absolute atomic E-state index is 11.4. The lowest BCUT2D eigenvalue weighted by molar-refractivity contribution is 0.0980. The molecular weight excluding hydrogens is 214 g/mol. The Morgan fingerprint density at radius 3 is 2.20 bits per heavy atom. The van der Waals surface area contributed by atoms with Gasteiger partial charge in [0.1, 0.15) is 0 Å². The molecule has 0 saturated heterocycles. The molecule has 0 aliphatic rings. The maximum Gasteiger partial charge on any atom is 0.211 e. The van der Waals surface area contributed by atoms with E-state index in [1.807, 2.05) is 20.8 Å². The fourth-order valence-corrected chi connectivity index (χ4v) is 2.56. The van der Waals surface area contributed by atoms with E-state index in [4.69, 9.17) is 0 Å². The summed E-state index contributed by atoms with van der Waals surface area (Å²) in [5.41, 5.74) is -0.540. The van der Waals surface area contributed by atoms with Gasteiger partial charge in [-0.25, -0.2) is 8.42 Å². The van der Waals surface area contributed by atoms with Crippen molar-refractivity contribution in [2.24, 2.45) is 0 Å². The van der Waals surface area contributed by atoms with Crippen LogP contribution in [0.25, 0.3) is 0 Å². The van der Waals surface area contributed by atoms with Gasteiger partial charge in [-0.1, -0.05) is 13.3 Å². The van der Waals surface area contributed by atoms with Crippen LogP contribution in [0, 0.1) is 0 Å². The summed E-state index contributed by atoms with van der Waals surface area (Å²) in [6.07, 6.45) is 2.82. The standard InChI is InChI=1S/C10H23NO3S/c1-6-7-9(12)8-10(2,3)11(4)15(5,13)14/h9,12H,6-8H2,1-5H3. The van der Waals surface area contributed by atoms with Gasteiger partial charge in [-0.2, -0.15) is 4.31 Å². The van der Waals surface area contributed by atoms with Crippen LogP contribution < -0.4 is 0 Å². The van der Waals surface area contributed by atoms with Crippen LogP contribution in [-0.2, 0) is 10.0 Å². The molecule has 0 aromatic heterocycles. The molecule has 0 aromatic rings. The second-order valence-electron chi connectivity index (χ2n) is 4.69. The van der Waals surface area contributed by atoms with Gasteiger partial charge in [-0.15, -0.1) is 0 Å². The zero-order valence-electron chi connectivity index (χ0n) is 10.3. The smallest absolute Gasteiger partial charge is 0.211 e. The van der Waals surface area contributed by atoms with E-state index in [0.29, 0.717) is 12.8 Å². The van der Waals surface area contributed by atoms with Crippen molar-refractivity contribution in [2.75, 3.05) is 13.3 Å². The lowest BCUT2D eigenvalue weighted by Crippen LogP contribution is -2.46. The van der Waals surface area contributed by atoms with Gasteiger partial charge in [0.15, 0.2) is 0 Å². The minimum Gasteiger partial charge on any atom is -0.393 e. The summed E-state index contributed by atoms with van der Waals surface area (Å²) in [5.74, 6) is 0. The van der Waals surface area contributed by atoms with Gasteiger partial charge in [0.05, 0.1) is 12.4 Å². The maximum atomic E-state index is 11.4. The number of hydrogen-bond donors (Lipinski definition) is 1. The predicted molar refractivity (Wildman–Crippen MR) is 62.2 cm³/mol. The Hall–Kier alpha value is -0.130. The van der Waals surface area contributed by atoms with E-state index in [1.54, 1.807) is 7.05 Å². The first-order chi connectivity index (χ1) is 6.61. The number of hydrogen-bond acceptors (Lipinski definition) is 3. The fraction of sp³-hybridized carbons (Fsp3) is 1.00. The van der Waals surface area contributed by atoms with Crippen LogP contribution in [0.15, 0.2) is 0 Å². The normalized spacial score (nSPS) is 15.7. The molecule has 0 fully saturated rings. The van der Waals surface area contributed by atoms with E-state index in [1.165, 1.54) is 10.6 Å². The highest BCUT2D eigenvalue weighted by Gasteiger charge is 2.31. The average Bonchev–Trinajstić information content (AvgIpc) is 2.00. The highest BCUT2D eigenvalue weighted by Crippen LogP contribution is 2.23. The van der Waals surface area contributed by atoms with Crippen LogP contribution in [0.3, 0.4) is 0 Å². The first kappa shape index (κ1) is 14.9. The van der Waals surface area contributed by atoms with Crippen molar-refractivity contribution in [3.63, 3.8) is 0 Å². The molecule has 1 atom stereocenters. The van der Waals surface area contributed by atoms with E-state index < -0.39 is 21.7 Å². The van der Waals surface area contributed by atoms with Crippen LogP contribution >= 0.6 is 0 Å². The predicted octanol–water partition coefficient (Wildman–Crippen LogP) is 1.21. The SMILES string of the molecule is CCCC(O)CC(C)(C)N(C)S(C)(=O)=O. The number of aliphatic hydroxyl groups excluding tert-OH is 1. The van der Waals surface area contributed by atoms with Crippen molar-refractivity contribution in [1.29, 1.82) is 0 Å². The van der Waals surface area contributed by atoms with Crippen LogP contribution in [0.2, 0.25) is 0 Å². The number of rotatable bonds is 6. The number of aliphatic hydroxyl groups is 1. The summed E-state index contributed by atoms with van der Waals surface area (Å²) in [4.78, 5) is 0. The number of nitrogens with zero attached hydrogens (tertiary/aromatic N) is 1. The molecule has 92 valence electrons. The molecular formula is C10H23NO3S. The number of sulfonamides is 1. The van der Waals surface area contributed by atoms with E-state index in [-0.39, 0.29) is 0 Å². The molecule has 0 spiro atoms. The Morgan fingerprint density at radius 1 is 1.40 bits per heavy atom. The summed E-state index contributed by atoms with van der Waals surface area (Å²) in [7, 11) is -1.65. The summed E-state index contributed by atoms with van der Waals surface area (Å²) in [6, 6.07) is 0. The van der Waals surface area contributed by atoms with Crippen molar-refractivity contribution >= 4 is 10.0 Å². The third kappa shape index (κ3) is 4.95. The van der Waals surface area contributed by atoms with Crippen molar-refractivity contribution < 1.29 is 13.5 Å². The molecule has 0 amide bonds. The Kier molecular flexibility index (Phi) is 5.23. The fourth-order valence-electron chi connectivity index (χ4n) is 1.59.